The van der Waals surface area contributed by atoms with Gasteiger partial charge >= 0.3 is 0 Å². The first-order valence-corrected chi connectivity index (χ1v) is 4.86. The van der Waals surface area contributed by atoms with Crippen LogP contribution in [0.15, 0.2) is 0 Å². The number of rotatable bonds is 3. The summed E-state index contributed by atoms with van der Waals surface area (Å²) < 4.78 is 0. The molecule has 0 heterocycles. The van der Waals surface area contributed by atoms with Crippen LogP contribution >= 0.6 is 0 Å². The Labute approximate surface area is 74.0 Å². The predicted octanol–water partition coefficient (Wildman–Crippen LogP) is 1.91. The van der Waals surface area contributed by atoms with Crippen molar-refractivity contribution >= 4 is 6.29 Å². The van der Waals surface area contributed by atoms with Gasteiger partial charge in [0, 0.05) is 6.42 Å². The molecule has 0 saturated heterocycles. The van der Waals surface area contributed by atoms with Crippen molar-refractivity contribution in [1.82, 2.24) is 0 Å². The molecule has 0 bridgehead atoms. The lowest BCUT2D eigenvalue weighted by Crippen LogP contribution is -2.35. The Morgan fingerprint density at radius 1 is 1.67 bits per heavy atom. The Balaban J connectivity index is 2.48. The maximum atomic E-state index is 10.3. The van der Waals surface area contributed by atoms with Crippen LogP contribution in [0.5, 0.6) is 0 Å². The van der Waals surface area contributed by atoms with E-state index in [0.717, 1.165) is 32.0 Å². The quantitative estimate of drug-likeness (QED) is 0.657. The van der Waals surface area contributed by atoms with E-state index in [-0.39, 0.29) is 0 Å². The van der Waals surface area contributed by atoms with Crippen LogP contribution in [0.25, 0.3) is 0 Å². The molecule has 1 aliphatic rings. The van der Waals surface area contributed by atoms with Gasteiger partial charge in [-0.3, -0.25) is 0 Å². The first kappa shape index (κ1) is 9.72. The lowest BCUT2D eigenvalue weighted by molar-refractivity contribution is -0.114. The van der Waals surface area contributed by atoms with Crippen LogP contribution in [0, 0.1) is 5.92 Å². The van der Waals surface area contributed by atoms with Gasteiger partial charge in [0.05, 0.1) is 5.60 Å². The SMILES string of the molecule is CCC1CCCC(O)(CC=O)C1. The van der Waals surface area contributed by atoms with Crippen LogP contribution in [0.3, 0.4) is 0 Å². The molecule has 0 spiro atoms. The minimum absolute atomic E-state index is 0.323. The van der Waals surface area contributed by atoms with Gasteiger partial charge < -0.3 is 9.90 Å². The third-order valence-corrected chi connectivity index (χ3v) is 2.96. The van der Waals surface area contributed by atoms with Crippen LogP contribution in [-0.2, 0) is 4.79 Å². The van der Waals surface area contributed by atoms with Gasteiger partial charge in [0.15, 0.2) is 0 Å². The maximum Gasteiger partial charge on any atom is 0.122 e. The Morgan fingerprint density at radius 2 is 2.42 bits per heavy atom. The largest absolute Gasteiger partial charge is 0.389 e. The van der Waals surface area contributed by atoms with Gasteiger partial charge in [0.1, 0.15) is 6.29 Å². The summed E-state index contributed by atoms with van der Waals surface area (Å²) in [4.78, 5) is 10.3. The van der Waals surface area contributed by atoms with Crippen molar-refractivity contribution in [1.29, 1.82) is 0 Å². The van der Waals surface area contributed by atoms with E-state index in [1.54, 1.807) is 0 Å². The predicted molar refractivity (Wildman–Crippen MR) is 47.9 cm³/mol. The number of carbonyl (C=O) groups is 1. The highest BCUT2D eigenvalue weighted by molar-refractivity contribution is 5.51. The lowest BCUT2D eigenvalue weighted by atomic mass is 9.76. The molecule has 0 aliphatic heterocycles. The molecule has 0 amide bonds. The molecule has 0 aromatic carbocycles. The van der Waals surface area contributed by atoms with E-state index in [9.17, 15) is 9.90 Å². The van der Waals surface area contributed by atoms with Crippen molar-refractivity contribution in [3.05, 3.63) is 0 Å². The van der Waals surface area contributed by atoms with Crippen LogP contribution in [0.1, 0.15) is 45.4 Å². The van der Waals surface area contributed by atoms with E-state index >= 15 is 0 Å². The molecule has 0 aromatic heterocycles. The normalized spacial score (nSPS) is 36.3. The van der Waals surface area contributed by atoms with Crippen molar-refractivity contribution in [2.45, 2.75) is 51.0 Å². The highest BCUT2D eigenvalue weighted by Crippen LogP contribution is 2.35. The summed E-state index contributed by atoms with van der Waals surface area (Å²) in [5, 5.41) is 9.94. The lowest BCUT2D eigenvalue weighted by Gasteiger charge is -2.35. The fourth-order valence-electron chi connectivity index (χ4n) is 2.15. The highest BCUT2D eigenvalue weighted by Gasteiger charge is 2.32. The summed E-state index contributed by atoms with van der Waals surface area (Å²) in [5.41, 5.74) is -0.666. The minimum atomic E-state index is -0.666. The molecule has 70 valence electrons. The third kappa shape index (κ3) is 2.31. The third-order valence-electron chi connectivity index (χ3n) is 2.96. The topological polar surface area (TPSA) is 37.3 Å². The molecular weight excluding hydrogens is 152 g/mol. The zero-order chi connectivity index (χ0) is 9.03. The molecule has 1 N–H and O–H groups in total. The second kappa shape index (κ2) is 4.04. The summed E-state index contributed by atoms with van der Waals surface area (Å²) >= 11 is 0. The average molecular weight is 170 g/mol. The molecule has 1 aliphatic carbocycles. The van der Waals surface area contributed by atoms with Gasteiger partial charge in [-0.05, 0) is 18.8 Å². The minimum Gasteiger partial charge on any atom is -0.389 e. The van der Waals surface area contributed by atoms with Crippen molar-refractivity contribution in [2.75, 3.05) is 0 Å². The Hall–Kier alpha value is -0.370. The zero-order valence-electron chi connectivity index (χ0n) is 7.75. The highest BCUT2D eigenvalue weighted by atomic mass is 16.3. The number of aldehydes is 1. The first-order valence-electron chi connectivity index (χ1n) is 4.86. The van der Waals surface area contributed by atoms with Crippen molar-refractivity contribution in [2.24, 2.45) is 5.92 Å². The molecule has 2 atom stereocenters. The summed E-state index contributed by atoms with van der Waals surface area (Å²) in [6, 6.07) is 0. The standard InChI is InChI=1S/C10H18O2/c1-2-9-4-3-5-10(12,8-9)6-7-11/h7,9,12H,2-6,8H2,1H3. The van der Waals surface area contributed by atoms with Crippen LogP contribution in [-0.4, -0.2) is 17.0 Å². The Morgan fingerprint density at radius 3 is 3.00 bits per heavy atom. The molecule has 2 nitrogen and oxygen atoms in total. The Bertz CT molecular complexity index is 156. The van der Waals surface area contributed by atoms with Crippen LogP contribution in [0.4, 0.5) is 0 Å². The molecule has 1 saturated carbocycles. The second-order valence-electron chi connectivity index (χ2n) is 3.97. The summed E-state index contributed by atoms with van der Waals surface area (Å²) in [6.45, 7) is 2.15. The molecular formula is C10H18O2. The van der Waals surface area contributed by atoms with Gasteiger partial charge in [-0.1, -0.05) is 26.2 Å². The summed E-state index contributed by atoms with van der Waals surface area (Å²) in [6.07, 6.45) is 6.22. The number of hydrogen-bond acceptors (Lipinski definition) is 2. The zero-order valence-corrected chi connectivity index (χ0v) is 7.75. The molecule has 12 heavy (non-hydrogen) atoms. The van der Waals surface area contributed by atoms with Crippen LogP contribution in [0.2, 0.25) is 0 Å². The van der Waals surface area contributed by atoms with Gasteiger partial charge in [0.25, 0.3) is 0 Å². The first-order chi connectivity index (χ1) is 5.70. The van der Waals surface area contributed by atoms with Crippen molar-refractivity contribution < 1.29 is 9.90 Å². The molecule has 2 unspecified atom stereocenters. The summed E-state index contributed by atoms with van der Waals surface area (Å²) in [7, 11) is 0. The number of hydrogen-bond donors (Lipinski definition) is 1. The van der Waals surface area contributed by atoms with E-state index < -0.39 is 5.60 Å². The van der Waals surface area contributed by atoms with Gasteiger partial charge in [-0.15, -0.1) is 0 Å². The van der Waals surface area contributed by atoms with E-state index in [0.29, 0.717) is 12.3 Å². The van der Waals surface area contributed by atoms with E-state index in [4.69, 9.17) is 0 Å². The summed E-state index contributed by atoms with van der Waals surface area (Å²) in [5.74, 6) is 0.628. The average Bonchev–Trinajstić information content (AvgIpc) is 2.04. The number of carbonyl (C=O) groups excluding carboxylic acids is 1. The molecule has 1 rings (SSSR count). The van der Waals surface area contributed by atoms with Crippen molar-refractivity contribution in [3.63, 3.8) is 0 Å². The maximum absolute atomic E-state index is 10.3. The Kier molecular flexibility index (Phi) is 3.27. The monoisotopic (exact) mass is 170 g/mol. The number of aliphatic hydroxyl groups is 1. The van der Waals surface area contributed by atoms with Gasteiger partial charge in [0.2, 0.25) is 0 Å². The molecule has 2 heteroatoms. The van der Waals surface area contributed by atoms with E-state index in [2.05, 4.69) is 6.92 Å². The smallest absolute Gasteiger partial charge is 0.122 e. The van der Waals surface area contributed by atoms with Gasteiger partial charge in [-0.25, -0.2) is 0 Å². The molecule has 0 radical (unpaired) electrons. The second-order valence-corrected chi connectivity index (χ2v) is 3.97. The van der Waals surface area contributed by atoms with Crippen molar-refractivity contribution in [3.8, 4) is 0 Å². The molecule has 1 fully saturated rings. The van der Waals surface area contributed by atoms with Gasteiger partial charge in [-0.2, -0.15) is 0 Å². The van der Waals surface area contributed by atoms with Crippen LogP contribution < -0.4 is 0 Å². The fourth-order valence-corrected chi connectivity index (χ4v) is 2.15. The molecule has 0 aromatic rings. The fraction of sp³-hybridized carbons (Fsp3) is 0.900. The van der Waals surface area contributed by atoms with E-state index in [1.165, 1.54) is 6.42 Å². The van der Waals surface area contributed by atoms with E-state index in [1.807, 2.05) is 0 Å².